The molecule has 162 valence electrons. The smallest absolute Gasteiger partial charge is 0.416 e. The number of hydrogen-bond acceptors (Lipinski definition) is 4. The Morgan fingerprint density at radius 1 is 1.20 bits per heavy atom. The lowest BCUT2D eigenvalue weighted by molar-refractivity contribution is -0.137. The fraction of sp³-hybridized carbons (Fsp3) is 0.476. The molecule has 0 atom stereocenters. The molecule has 1 aromatic carbocycles. The van der Waals surface area contributed by atoms with Crippen LogP contribution in [0.3, 0.4) is 0 Å². The van der Waals surface area contributed by atoms with Gasteiger partial charge in [0.15, 0.2) is 0 Å². The maximum atomic E-state index is 12.9. The van der Waals surface area contributed by atoms with Crippen molar-refractivity contribution in [2.24, 2.45) is 0 Å². The normalized spacial score (nSPS) is 14.4. The Morgan fingerprint density at radius 3 is 2.43 bits per heavy atom. The SMILES string of the molecule is CC(C)(C)OC(=O)N1CCc2c(c(-c3ccc(C(F)(F)F)cc3)nn2CCC=O)C1. The van der Waals surface area contributed by atoms with Crippen LogP contribution in [-0.2, 0) is 35.2 Å². The molecule has 6 nitrogen and oxygen atoms in total. The third-order valence-corrected chi connectivity index (χ3v) is 4.73. The highest BCUT2D eigenvalue weighted by Gasteiger charge is 2.32. The molecule has 0 saturated carbocycles. The van der Waals surface area contributed by atoms with Gasteiger partial charge in [-0.3, -0.25) is 4.68 Å². The van der Waals surface area contributed by atoms with Gasteiger partial charge in [0.05, 0.1) is 17.8 Å². The molecule has 1 amide bonds. The Kier molecular flexibility index (Phi) is 5.92. The van der Waals surface area contributed by atoms with Gasteiger partial charge in [-0.25, -0.2) is 4.79 Å². The molecule has 2 aromatic rings. The summed E-state index contributed by atoms with van der Waals surface area (Å²) in [5.74, 6) is 0. The molecular weight excluding hydrogens is 399 g/mol. The van der Waals surface area contributed by atoms with E-state index >= 15 is 0 Å². The fourth-order valence-corrected chi connectivity index (χ4v) is 3.38. The molecule has 0 bridgehead atoms. The fourth-order valence-electron chi connectivity index (χ4n) is 3.38. The minimum Gasteiger partial charge on any atom is -0.444 e. The van der Waals surface area contributed by atoms with Gasteiger partial charge in [0.25, 0.3) is 0 Å². The zero-order chi connectivity index (χ0) is 22.1. The summed E-state index contributed by atoms with van der Waals surface area (Å²) in [7, 11) is 0. The number of hydrogen-bond donors (Lipinski definition) is 0. The van der Waals surface area contributed by atoms with Crippen molar-refractivity contribution in [2.45, 2.75) is 58.5 Å². The monoisotopic (exact) mass is 423 g/mol. The van der Waals surface area contributed by atoms with Gasteiger partial charge in [-0.1, -0.05) is 12.1 Å². The molecular formula is C21H24F3N3O3. The van der Waals surface area contributed by atoms with E-state index in [4.69, 9.17) is 4.74 Å². The Morgan fingerprint density at radius 2 is 1.87 bits per heavy atom. The first kappa shape index (κ1) is 21.9. The highest BCUT2D eigenvalue weighted by molar-refractivity contribution is 5.71. The molecule has 0 spiro atoms. The number of nitrogens with zero attached hydrogens (tertiary/aromatic N) is 3. The Balaban J connectivity index is 1.95. The second kappa shape index (κ2) is 8.12. The first-order valence-corrected chi connectivity index (χ1v) is 9.67. The van der Waals surface area contributed by atoms with Gasteiger partial charge >= 0.3 is 12.3 Å². The number of aryl methyl sites for hydroxylation is 1. The summed E-state index contributed by atoms with van der Waals surface area (Å²) >= 11 is 0. The van der Waals surface area contributed by atoms with Crippen molar-refractivity contribution < 1.29 is 27.5 Å². The third-order valence-electron chi connectivity index (χ3n) is 4.73. The molecule has 3 rings (SSSR count). The zero-order valence-corrected chi connectivity index (χ0v) is 17.1. The largest absolute Gasteiger partial charge is 0.444 e. The third kappa shape index (κ3) is 4.83. The van der Waals surface area contributed by atoms with E-state index in [1.54, 1.807) is 30.4 Å². The van der Waals surface area contributed by atoms with E-state index in [0.29, 0.717) is 30.8 Å². The zero-order valence-electron chi connectivity index (χ0n) is 17.1. The second-order valence-electron chi connectivity index (χ2n) is 8.18. The van der Waals surface area contributed by atoms with Crippen LogP contribution in [0.2, 0.25) is 0 Å². The van der Waals surface area contributed by atoms with Crippen LogP contribution in [-0.4, -0.2) is 39.2 Å². The molecule has 0 radical (unpaired) electrons. The summed E-state index contributed by atoms with van der Waals surface area (Å²) in [6, 6.07) is 4.78. The van der Waals surface area contributed by atoms with E-state index in [-0.39, 0.29) is 13.0 Å². The number of amides is 1. The number of aromatic nitrogens is 2. The van der Waals surface area contributed by atoms with Gasteiger partial charge in [-0.15, -0.1) is 0 Å². The summed E-state index contributed by atoms with van der Waals surface area (Å²) in [5, 5.41) is 4.56. The van der Waals surface area contributed by atoms with Crippen LogP contribution in [0.25, 0.3) is 11.3 Å². The Bertz CT molecular complexity index is 928. The summed E-state index contributed by atoms with van der Waals surface area (Å²) in [4.78, 5) is 24.9. The molecule has 9 heteroatoms. The van der Waals surface area contributed by atoms with Crippen LogP contribution in [0.1, 0.15) is 44.0 Å². The molecule has 1 aromatic heterocycles. The highest BCUT2D eigenvalue weighted by Crippen LogP contribution is 2.34. The van der Waals surface area contributed by atoms with Gasteiger partial charge < -0.3 is 14.4 Å². The second-order valence-corrected chi connectivity index (χ2v) is 8.18. The van der Waals surface area contributed by atoms with Crippen molar-refractivity contribution >= 4 is 12.4 Å². The predicted molar refractivity (Wildman–Crippen MR) is 104 cm³/mol. The number of fused-ring (bicyclic) bond motifs is 1. The maximum absolute atomic E-state index is 12.9. The lowest BCUT2D eigenvalue weighted by Crippen LogP contribution is -2.40. The molecule has 1 aliphatic heterocycles. The number of rotatable bonds is 4. The van der Waals surface area contributed by atoms with Gasteiger partial charge in [-0.2, -0.15) is 18.3 Å². The summed E-state index contributed by atoms with van der Waals surface area (Å²) < 4.78 is 45.9. The first-order valence-electron chi connectivity index (χ1n) is 9.67. The topological polar surface area (TPSA) is 64.4 Å². The molecule has 30 heavy (non-hydrogen) atoms. The summed E-state index contributed by atoms with van der Waals surface area (Å²) in [5.41, 5.74) is 1.30. The first-order chi connectivity index (χ1) is 14.0. The quantitative estimate of drug-likeness (QED) is 0.682. The Labute approximate surface area is 172 Å². The van der Waals surface area contributed by atoms with Gasteiger partial charge in [-0.05, 0) is 32.9 Å². The minimum absolute atomic E-state index is 0.238. The van der Waals surface area contributed by atoms with Crippen molar-refractivity contribution in [1.82, 2.24) is 14.7 Å². The summed E-state index contributed by atoms with van der Waals surface area (Å²) in [6.45, 7) is 6.39. The number of aldehydes is 1. The van der Waals surface area contributed by atoms with E-state index < -0.39 is 23.4 Å². The van der Waals surface area contributed by atoms with Crippen LogP contribution in [0.5, 0.6) is 0 Å². The van der Waals surface area contributed by atoms with E-state index in [2.05, 4.69) is 5.10 Å². The van der Waals surface area contributed by atoms with Crippen molar-refractivity contribution in [2.75, 3.05) is 6.54 Å². The number of carbonyl (C=O) groups excluding carboxylic acids is 2. The highest BCUT2D eigenvalue weighted by atomic mass is 19.4. The van der Waals surface area contributed by atoms with Crippen LogP contribution >= 0.6 is 0 Å². The van der Waals surface area contributed by atoms with Crippen molar-refractivity contribution in [3.05, 3.63) is 41.1 Å². The average molecular weight is 423 g/mol. The summed E-state index contributed by atoms with van der Waals surface area (Å²) in [6.07, 6.45) is -3.29. The van der Waals surface area contributed by atoms with E-state index in [0.717, 1.165) is 29.7 Å². The molecule has 1 aliphatic rings. The van der Waals surface area contributed by atoms with Crippen molar-refractivity contribution in [1.29, 1.82) is 0 Å². The molecule has 0 unspecified atom stereocenters. The number of carbonyl (C=O) groups is 2. The van der Waals surface area contributed by atoms with Gasteiger partial charge in [0.2, 0.25) is 0 Å². The molecule has 0 fully saturated rings. The number of halogens is 3. The van der Waals surface area contributed by atoms with Crippen LogP contribution < -0.4 is 0 Å². The molecule has 0 aliphatic carbocycles. The van der Waals surface area contributed by atoms with Crippen LogP contribution in [0.15, 0.2) is 24.3 Å². The van der Waals surface area contributed by atoms with Gasteiger partial charge in [0.1, 0.15) is 11.9 Å². The van der Waals surface area contributed by atoms with E-state index in [1.807, 2.05) is 0 Å². The van der Waals surface area contributed by atoms with Crippen molar-refractivity contribution in [3.8, 4) is 11.3 Å². The number of benzene rings is 1. The van der Waals surface area contributed by atoms with E-state index in [1.165, 1.54) is 12.1 Å². The lowest BCUT2D eigenvalue weighted by atomic mass is 10.00. The molecule has 0 N–H and O–H groups in total. The van der Waals surface area contributed by atoms with Crippen LogP contribution in [0, 0.1) is 0 Å². The van der Waals surface area contributed by atoms with Crippen LogP contribution in [0.4, 0.5) is 18.0 Å². The average Bonchev–Trinajstić information content (AvgIpc) is 3.02. The minimum atomic E-state index is -4.42. The Hall–Kier alpha value is -2.84. The maximum Gasteiger partial charge on any atom is 0.416 e. The standard InChI is InChI=1S/C21H24F3N3O3/c1-20(2,3)30-19(29)26-11-9-17-16(13-26)18(25-27(17)10-4-12-28)14-5-7-15(8-6-14)21(22,23)24/h5-8,12H,4,9-11,13H2,1-3H3. The molecule has 0 saturated heterocycles. The number of alkyl halides is 3. The lowest BCUT2D eigenvalue weighted by Gasteiger charge is -2.30. The number of ether oxygens (including phenoxy) is 1. The van der Waals surface area contributed by atoms with E-state index in [9.17, 15) is 22.8 Å². The van der Waals surface area contributed by atoms with Gasteiger partial charge in [0, 0.05) is 42.8 Å². The predicted octanol–water partition coefficient (Wildman–Crippen LogP) is 4.45. The van der Waals surface area contributed by atoms with Crippen molar-refractivity contribution in [3.63, 3.8) is 0 Å². The molecule has 2 heterocycles.